The second kappa shape index (κ2) is 29.4. The molecule has 4 amide bonds. The van der Waals surface area contributed by atoms with Crippen LogP contribution in [0.15, 0.2) is 0 Å². The zero-order valence-electron chi connectivity index (χ0n) is 56.6. The summed E-state index contributed by atoms with van der Waals surface area (Å²) in [4.78, 5) is 68.7. The van der Waals surface area contributed by atoms with E-state index in [1.54, 1.807) is 83.1 Å². The number of carbonyl (C=O) groups excluding carboxylic acids is 4. The standard InChI is InChI=1S/4C15H30N2O3.Na/c4*1-11(18)16-12-8-13(2,3)17(14(4,5)9-12)20-10-15(6,7)19;/h4*12,19H,8-10H2,1-7H3,(H,16,18);/q;;;;+1. The Morgan fingerprint density at radius 1 is 0.333 bits per heavy atom. The van der Waals surface area contributed by atoms with Crippen molar-refractivity contribution in [3.63, 3.8) is 0 Å². The summed E-state index contributed by atoms with van der Waals surface area (Å²) in [6.07, 6.45) is 6.57. The monoisotopic (exact) mass is 1170 g/mol. The van der Waals surface area contributed by atoms with Gasteiger partial charge in [-0.15, -0.1) is 0 Å². The fourth-order valence-electron chi connectivity index (χ4n) is 12.9. The summed E-state index contributed by atoms with van der Waals surface area (Å²) in [6, 6.07) is 0.609. The van der Waals surface area contributed by atoms with E-state index in [4.69, 9.17) is 19.4 Å². The average molecular weight is 1170 g/mol. The van der Waals surface area contributed by atoms with Gasteiger partial charge in [0.2, 0.25) is 23.6 Å². The third-order valence-electron chi connectivity index (χ3n) is 14.2. The van der Waals surface area contributed by atoms with E-state index in [9.17, 15) is 39.6 Å². The van der Waals surface area contributed by atoms with Gasteiger partial charge in [-0.2, -0.15) is 20.3 Å². The molecule has 0 saturated carbocycles. The largest absolute Gasteiger partial charge is 1.00 e. The van der Waals surface area contributed by atoms with Crippen LogP contribution in [0.4, 0.5) is 0 Å². The number of aliphatic hydroxyl groups is 4. The molecule has 20 nitrogen and oxygen atoms in total. The number of hydroxylamine groups is 8. The molecular formula is C60H120N8NaO12+. The van der Waals surface area contributed by atoms with Gasteiger partial charge in [0.05, 0.1) is 48.8 Å². The van der Waals surface area contributed by atoms with Crippen molar-refractivity contribution in [3.8, 4) is 0 Å². The molecule has 21 heteroatoms. The summed E-state index contributed by atoms with van der Waals surface area (Å²) in [5.41, 5.74) is -5.11. The Morgan fingerprint density at radius 3 is 0.531 bits per heavy atom. The van der Waals surface area contributed by atoms with E-state index < -0.39 is 22.4 Å². The molecule has 4 aliphatic heterocycles. The molecule has 472 valence electrons. The molecule has 4 heterocycles. The number of hydrogen-bond acceptors (Lipinski definition) is 16. The second-order valence-electron chi connectivity index (χ2n) is 31.2. The van der Waals surface area contributed by atoms with Crippen molar-refractivity contribution in [2.45, 2.75) is 336 Å². The number of piperidine rings is 4. The molecule has 0 aromatic rings. The number of carbonyl (C=O) groups is 4. The molecule has 4 aliphatic rings. The smallest absolute Gasteiger partial charge is 0.388 e. The summed E-state index contributed by atoms with van der Waals surface area (Å²) >= 11 is 0. The maximum absolute atomic E-state index is 11.3. The predicted octanol–water partition coefficient (Wildman–Crippen LogP) is 4.39. The van der Waals surface area contributed by atoms with Crippen LogP contribution in [0.5, 0.6) is 0 Å². The molecule has 4 rings (SSSR count). The van der Waals surface area contributed by atoms with Crippen LogP contribution in [0.25, 0.3) is 0 Å². The van der Waals surface area contributed by atoms with Crippen molar-refractivity contribution in [2.24, 2.45) is 0 Å². The van der Waals surface area contributed by atoms with Crippen LogP contribution in [-0.2, 0) is 38.5 Å². The van der Waals surface area contributed by atoms with Gasteiger partial charge in [0.25, 0.3) is 0 Å². The Balaban J connectivity index is 0.00000105. The van der Waals surface area contributed by atoms with E-state index in [0.717, 1.165) is 51.4 Å². The van der Waals surface area contributed by atoms with Gasteiger partial charge >= 0.3 is 29.6 Å². The van der Waals surface area contributed by atoms with Crippen LogP contribution >= 0.6 is 0 Å². The summed E-state index contributed by atoms with van der Waals surface area (Å²) < 4.78 is 0. The molecule has 4 saturated heterocycles. The fraction of sp³-hybridized carbons (Fsp3) is 0.933. The number of amides is 4. The predicted molar refractivity (Wildman–Crippen MR) is 316 cm³/mol. The van der Waals surface area contributed by atoms with Crippen LogP contribution in [0.2, 0.25) is 0 Å². The number of nitrogens with one attached hydrogen (secondary N) is 4. The average Bonchev–Trinajstić information content (AvgIpc) is 3.11. The molecule has 0 spiro atoms. The Kier molecular flexibility index (Phi) is 28.8. The van der Waals surface area contributed by atoms with Crippen molar-refractivity contribution >= 4 is 23.6 Å². The van der Waals surface area contributed by atoms with Crippen LogP contribution in [-0.4, -0.2) is 182 Å². The van der Waals surface area contributed by atoms with Gasteiger partial charge in [-0.05, 0) is 218 Å². The molecule has 0 aliphatic carbocycles. The Morgan fingerprint density at radius 2 is 0.444 bits per heavy atom. The second-order valence-corrected chi connectivity index (χ2v) is 31.2. The van der Waals surface area contributed by atoms with E-state index in [2.05, 4.69) is 132 Å². The minimum Gasteiger partial charge on any atom is -0.388 e. The van der Waals surface area contributed by atoms with Crippen LogP contribution in [0, 0.1) is 0 Å². The van der Waals surface area contributed by atoms with E-state index in [0.29, 0.717) is 0 Å². The molecule has 0 aromatic heterocycles. The Hall–Kier alpha value is -1.60. The van der Waals surface area contributed by atoms with Crippen molar-refractivity contribution in [2.75, 3.05) is 26.4 Å². The molecule has 0 atom stereocenters. The van der Waals surface area contributed by atoms with E-state index in [1.165, 1.54) is 0 Å². The Bertz CT molecular complexity index is 1650. The van der Waals surface area contributed by atoms with Crippen LogP contribution < -0.4 is 50.8 Å². The van der Waals surface area contributed by atoms with Crippen LogP contribution in [0.1, 0.15) is 245 Å². The molecule has 8 N–H and O–H groups in total. The van der Waals surface area contributed by atoms with Gasteiger partial charge in [0.15, 0.2) is 0 Å². The maximum atomic E-state index is 11.3. The zero-order chi connectivity index (χ0) is 63.1. The van der Waals surface area contributed by atoms with E-state index >= 15 is 0 Å². The number of nitrogens with zero attached hydrogens (tertiary/aromatic N) is 4. The molecule has 0 unspecified atom stereocenters. The summed E-state index contributed by atoms with van der Waals surface area (Å²) in [5.74, 6) is 0.0276. The van der Waals surface area contributed by atoms with Crippen molar-refractivity contribution < 1.29 is 88.5 Å². The molecule has 0 bridgehead atoms. The van der Waals surface area contributed by atoms with E-state index in [-0.39, 0.29) is 148 Å². The minimum atomic E-state index is -0.860. The van der Waals surface area contributed by atoms with Crippen molar-refractivity contribution in [1.29, 1.82) is 0 Å². The molecule has 81 heavy (non-hydrogen) atoms. The quantitative estimate of drug-likeness (QED) is 0.0999. The molecular weight excluding hydrogens is 1050 g/mol. The van der Waals surface area contributed by atoms with E-state index in [1.807, 2.05) is 20.3 Å². The fourth-order valence-corrected chi connectivity index (χ4v) is 12.9. The third-order valence-corrected chi connectivity index (χ3v) is 14.2. The first kappa shape index (κ1) is 79.4. The van der Waals surface area contributed by atoms with Gasteiger partial charge in [0.1, 0.15) is 0 Å². The third kappa shape index (κ3) is 28.6. The van der Waals surface area contributed by atoms with Crippen molar-refractivity contribution in [1.82, 2.24) is 41.5 Å². The van der Waals surface area contributed by atoms with Gasteiger partial charge in [-0.1, -0.05) is 0 Å². The molecule has 0 aromatic carbocycles. The molecule has 4 fully saturated rings. The first-order chi connectivity index (χ1) is 35.3. The Labute approximate surface area is 513 Å². The molecule has 0 radical (unpaired) electrons. The van der Waals surface area contributed by atoms with Gasteiger partial charge in [-0.3, -0.25) is 38.5 Å². The maximum Gasteiger partial charge on any atom is 1.00 e. The minimum absolute atomic E-state index is 0. The van der Waals surface area contributed by atoms with Crippen molar-refractivity contribution in [3.05, 3.63) is 0 Å². The number of rotatable bonds is 16. The van der Waals surface area contributed by atoms with Crippen LogP contribution in [0.3, 0.4) is 0 Å². The normalized spacial score (nSPS) is 23.3. The summed E-state index contributed by atoms with van der Waals surface area (Å²) in [7, 11) is 0. The number of hydrogen-bond donors (Lipinski definition) is 8. The van der Waals surface area contributed by atoms with Gasteiger partial charge in [0, 0.05) is 96.2 Å². The van der Waals surface area contributed by atoms with Gasteiger partial charge in [-0.25, -0.2) is 0 Å². The zero-order valence-corrected chi connectivity index (χ0v) is 58.6. The first-order valence-corrected chi connectivity index (χ1v) is 29.0. The topological polar surface area (TPSA) is 247 Å². The first-order valence-electron chi connectivity index (χ1n) is 29.0. The summed E-state index contributed by atoms with van der Waals surface area (Å²) in [6.45, 7) is 54.8. The van der Waals surface area contributed by atoms with Gasteiger partial charge < -0.3 is 41.7 Å². The summed E-state index contributed by atoms with van der Waals surface area (Å²) in [5, 5.41) is 59.4. The SMILES string of the molecule is CC(=O)NC1CC(C)(C)N(OCC(C)(C)O)C(C)(C)C1.CC(=O)NC1CC(C)(C)N(OCC(C)(C)O)C(C)(C)C1.CC(=O)NC1CC(C)(C)N(OCC(C)(C)O)C(C)(C)C1.CC(=O)NC1CC(C)(C)N(OCC(C)(C)O)C(C)(C)C1.[Na+].